The van der Waals surface area contributed by atoms with Crippen LogP contribution in [0.15, 0.2) is 29.1 Å². The van der Waals surface area contributed by atoms with Crippen molar-refractivity contribution in [3.63, 3.8) is 0 Å². The molecular formula is C19H22N2O2. The fourth-order valence-electron chi connectivity index (χ4n) is 2.48. The third kappa shape index (κ3) is 4.01. The van der Waals surface area contributed by atoms with Crippen molar-refractivity contribution in [1.82, 2.24) is 4.98 Å². The van der Waals surface area contributed by atoms with Crippen molar-refractivity contribution in [2.75, 3.05) is 6.61 Å². The molecule has 1 aromatic heterocycles. The number of ether oxygens (including phenoxy) is 1. The van der Waals surface area contributed by atoms with Crippen molar-refractivity contribution in [2.45, 2.75) is 40.0 Å². The minimum absolute atomic E-state index is 0.136. The van der Waals surface area contributed by atoms with Crippen molar-refractivity contribution >= 4 is 0 Å². The lowest BCUT2D eigenvalue weighted by atomic mass is 9.99. The quantitative estimate of drug-likeness (QED) is 0.817. The molecule has 0 saturated carbocycles. The van der Waals surface area contributed by atoms with Gasteiger partial charge in [-0.15, -0.1) is 0 Å². The van der Waals surface area contributed by atoms with Gasteiger partial charge >= 0.3 is 0 Å². The summed E-state index contributed by atoms with van der Waals surface area (Å²) in [6, 6.07) is 9.62. The van der Waals surface area contributed by atoms with Crippen molar-refractivity contribution in [3.05, 3.63) is 51.4 Å². The average Bonchev–Trinajstić information content (AvgIpc) is 2.52. The smallest absolute Gasteiger partial charge is 0.266 e. The van der Waals surface area contributed by atoms with Gasteiger partial charge in [0.25, 0.3) is 5.56 Å². The first-order chi connectivity index (χ1) is 11.1. The summed E-state index contributed by atoms with van der Waals surface area (Å²) in [7, 11) is 0. The van der Waals surface area contributed by atoms with Crippen LogP contribution in [0.2, 0.25) is 0 Å². The van der Waals surface area contributed by atoms with E-state index in [4.69, 9.17) is 4.74 Å². The summed E-state index contributed by atoms with van der Waals surface area (Å²) in [5.41, 5.74) is 3.03. The number of rotatable bonds is 6. The van der Waals surface area contributed by atoms with Gasteiger partial charge in [0.15, 0.2) is 0 Å². The maximum absolute atomic E-state index is 12.0. The number of benzene rings is 1. The maximum Gasteiger partial charge on any atom is 0.266 e. The highest BCUT2D eigenvalue weighted by Crippen LogP contribution is 2.28. The van der Waals surface area contributed by atoms with E-state index >= 15 is 0 Å². The van der Waals surface area contributed by atoms with Crippen molar-refractivity contribution in [3.8, 4) is 22.9 Å². The van der Waals surface area contributed by atoms with Crippen LogP contribution >= 0.6 is 0 Å². The molecule has 120 valence electrons. The van der Waals surface area contributed by atoms with E-state index in [0.717, 1.165) is 41.8 Å². The second-order valence-corrected chi connectivity index (χ2v) is 5.72. The molecule has 1 heterocycles. The first-order valence-electron chi connectivity index (χ1n) is 7.94. The molecule has 0 aliphatic rings. The Kier molecular flexibility index (Phi) is 5.59. The number of hydrogen-bond acceptors (Lipinski definition) is 3. The molecule has 0 fully saturated rings. The highest BCUT2D eigenvalue weighted by atomic mass is 16.5. The van der Waals surface area contributed by atoms with Gasteiger partial charge in [0.1, 0.15) is 17.4 Å². The average molecular weight is 310 g/mol. The summed E-state index contributed by atoms with van der Waals surface area (Å²) < 4.78 is 5.87. The number of nitrogens with one attached hydrogen (secondary N) is 1. The lowest BCUT2D eigenvalue weighted by Crippen LogP contribution is -2.12. The van der Waals surface area contributed by atoms with Crippen LogP contribution in [0.25, 0.3) is 11.1 Å². The normalized spacial score (nSPS) is 10.3. The van der Waals surface area contributed by atoms with Gasteiger partial charge in [-0.05, 0) is 43.5 Å². The zero-order valence-electron chi connectivity index (χ0n) is 13.9. The summed E-state index contributed by atoms with van der Waals surface area (Å²) in [5.74, 6) is 0.806. The molecule has 0 aliphatic heterocycles. The Morgan fingerprint density at radius 3 is 2.70 bits per heavy atom. The van der Waals surface area contributed by atoms with E-state index in [2.05, 4.69) is 11.9 Å². The van der Waals surface area contributed by atoms with Crippen molar-refractivity contribution in [1.29, 1.82) is 5.26 Å². The van der Waals surface area contributed by atoms with Gasteiger partial charge < -0.3 is 9.72 Å². The number of aryl methyl sites for hydroxylation is 2. The number of hydrogen-bond donors (Lipinski definition) is 1. The van der Waals surface area contributed by atoms with Crippen LogP contribution in [-0.2, 0) is 0 Å². The molecule has 0 saturated heterocycles. The molecule has 1 aromatic carbocycles. The van der Waals surface area contributed by atoms with Crippen LogP contribution in [0.1, 0.15) is 43.0 Å². The first-order valence-corrected chi connectivity index (χ1v) is 7.94. The number of H-pyrrole nitrogens is 1. The predicted octanol–water partition coefficient (Wildman–Crippen LogP) is 4.10. The second kappa shape index (κ2) is 7.64. The molecule has 4 nitrogen and oxygen atoms in total. The van der Waals surface area contributed by atoms with Crippen LogP contribution in [0.5, 0.6) is 5.75 Å². The van der Waals surface area contributed by atoms with Crippen LogP contribution < -0.4 is 10.3 Å². The second-order valence-electron chi connectivity index (χ2n) is 5.72. The maximum atomic E-state index is 12.0. The minimum atomic E-state index is -0.353. The first kappa shape index (κ1) is 16.8. The number of nitriles is 1. The Bertz CT molecular complexity index is 785. The molecule has 0 aliphatic carbocycles. The van der Waals surface area contributed by atoms with E-state index in [0.29, 0.717) is 12.2 Å². The zero-order chi connectivity index (χ0) is 16.8. The van der Waals surface area contributed by atoms with E-state index in [9.17, 15) is 10.1 Å². The van der Waals surface area contributed by atoms with E-state index < -0.39 is 0 Å². The van der Waals surface area contributed by atoms with Gasteiger partial charge in [-0.2, -0.15) is 5.26 Å². The molecule has 0 unspecified atom stereocenters. The fourth-order valence-corrected chi connectivity index (χ4v) is 2.48. The van der Waals surface area contributed by atoms with Gasteiger partial charge in [-0.1, -0.05) is 31.9 Å². The van der Waals surface area contributed by atoms with Gasteiger partial charge in [0.2, 0.25) is 0 Å². The van der Waals surface area contributed by atoms with E-state index in [1.54, 1.807) is 0 Å². The number of nitrogens with zero attached hydrogens (tertiary/aromatic N) is 1. The van der Waals surface area contributed by atoms with Crippen LogP contribution in [0.4, 0.5) is 0 Å². The zero-order valence-corrected chi connectivity index (χ0v) is 13.9. The number of pyridine rings is 1. The molecule has 23 heavy (non-hydrogen) atoms. The van der Waals surface area contributed by atoms with Crippen LogP contribution in [-0.4, -0.2) is 11.6 Å². The minimum Gasteiger partial charge on any atom is -0.493 e. The number of aromatic amines is 1. The fraction of sp³-hybridized carbons (Fsp3) is 0.368. The Balaban J connectivity index is 2.38. The molecule has 1 N–H and O–H groups in total. The lowest BCUT2D eigenvalue weighted by Gasteiger charge is -2.12. The summed E-state index contributed by atoms with van der Waals surface area (Å²) in [4.78, 5) is 14.6. The van der Waals surface area contributed by atoms with Gasteiger partial charge in [0.05, 0.1) is 6.61 Å². The van der Waals surface area contributed by atoms with Crippen LogP contribution in [0, 0.1) is 25.2 Å². The predicted molar refractivity (Wildman–Crippen MR) is 91.7 cm³/mol. The van der Waals surface area contributed by atoms with E-state index in [1.165, 1.54) is 0 Å². The third-order valence-electron chi connectivity index (χ3n) is 3.78. The molecule has 0 amide bonds. The largest absolute Gasteiger partial charge is 0.493 e. The Labute approximate surface area is 136 Å². The standard InChI is InChI=1S/C19H22N2O2/c1-4-5-6-9-23-18-11-15(8-7-13(18)2)16-10-14(3)21-19(22)17(16)12-20/h7-8,10-11H,4-6,9H2,1-3H3,(H,21,22). The monoisotopic (exact) mass is 310 g/mol. The highest BCUT2D eigenvalue weighted by Gasteiger charge is 2.12. The van der Waals surface area contributed by atoms with Crippen LogP contribution in [0.3, 0.4) is 0 Å². The number of unbranched alkanes of at least 4 members (excludes halogenated alkanes) is 2. The molecule has 0 spiro atoms. The Hall–Kier alpha value is -2.54. The third-order valence-corrected chi connectivity index (χ3v) is 3.78. The van der Waals surface area contributed by atoms with E-state index in [-0.39, 0.29) is 11.1 Å². The molecule has 0 bridgehead atoms. The molecule has 0 atom stereocenters. The summed E-state index contributed by atoms with van der Waals surface area (Å²) in [6.45, 7) is 6.64. The van der Waals surface area contributed by atoms with Crippen molar-refractivity contribution in [2.24, 2.45) is 0 Å². The Morgan fingerprint density at radius 1 is 1.22 bits per heavy atom. The topological polar surface area (TPSA) is 65.9 Å². The molecule has 2 aromatic rings. The summed E-state index contributed by atoms with van der Waals surface area (Å²) in [5, 5.41) is 9.27. The number of aromatic nitrogens is 1. The lowest BCUT2D eigenvalue weighted by molar-refractivity contribution is 0.304. The van der Waals surface area contributed by atoms with Crippen molar-refractivity contribution < 1.29 is 4.74 Å². The van der Waals surface area contributed by atoms with E-state index in [1.807, 2.05) is 44.2 Å². The molecule has 4 heteroatoms. The Morgan fingerprint density at radius 2 is 2.00 bits per heavy atom. The summed E-state index contributed by atoms with van der Waals surface area (Å²) >= 11 is 0. The molecule has 2 rings (SSSR count). The van der Waals surface area contributed by atoms with Gasteiger partial charge in [-0.25, -0.2) is 0 Å². The van der Waals surface area contributed by atoms with Gasteiger partial charge in [-0.3, -0.25) is 4.79 Å². The SMILES string of the molecule is CCCCCOc1cc(-c2cc(C)[nH]c(=O)c2C#N)ccc1C. The van der Waals surface area contributed by atoms with Gasteiger partial charge in [0, 0.05) is 11.3 Å². The molecule has 0 radical (unpaired) electrons. The molecular weight excluding hydrogens is 288 g/mol. The highest BCUT2D eigenvalue weighted by molar-refractivity contribution is 5.72. The summed E-state index contributed by atoms with van der Waals surface area (Å²) in [6.07, 6.45) is 3.32.